The monoisotopic (exact) mass is 323 g/mol. The third-order valence-electron chi connectivity index (χ3n) is 3.90. The lowest BCUT2D eigenvalue weighted by molar-refractivity contribution is -0.148. The topological polar surface area (TPSA) is 83.9 Å². The van der Waals surface area contributed by atoms with Crippen LogP contribution in [0.1, 0.15) is 36.0 Å². The Morgan fingerprint density at radius 3 is 2.70 bits per heavy atom. The third kappa shape index (κ3) is 3.85. The molecule has 0 aromatic heterocycles. The lowest BCUT2D eigenvalue weighted by atomic mass is 10.1. The number of aliphatic carboxylic acids is 1. The molecule has 1 atom stereocenters. The normalized spacial score (nSPS) is 17.1. The number of likely N-dealkylation sites (tertiary alicyclic amines) is 1. The maximum Gasteiger partial charge on any atom is 0.326 e. The van der Waals surface area contributed by atoms with Crippen LogP contribution in [0.15, 0.2) is 18.2 Å². The summed E-state index contributed by atoms with van der Waals surface area (Å²) in [5, 5.41) is 9.05. The highest BCUT2D eigenvalue weighted by molar-refractivity contribution is 5.98. The first kappa shape index (κ1) is 16.9. The third-order valence-corrected chi connectivity index (χ3v) is 3.90. The Morgan fingerprint density at radius 1 is 1.35 bits per heavy atom. The van der Waals surface area contributed by atoms with Crippen LogP contribution in [0, 0.1) is 5.82 Å². The van der Waals surface area contributed by atoms with Gasteiger partial charge in [0.1, 0.15) is 6.04 Å². The van der Waals surface area contributed by atoms with Gasteiger partial charge in [-0.2, -0.15) is 0 Å². The summed E-state index contributed by atoms with van der Waals surface area (Å²) in [6, 6.07) is 3.05. The Morgan fingerprint density at radius 2 is 2.09 bits per heavy atom. The lowest BCUT2D eigenvalue weighted by Crippen LogP contribution is -2.40. The fourth-order valence-corrected chi connectivity index (χ4v) is 2.67. The minimum Gasteiger partial charge on any atom is -0.494 e. The first-order valence-corrected chi connectivity index (χ1v) is 7.33. The molecule has 0 saturated carbocycles. The number of nitrogens with zero attached hydrogens (tertiary/aromatic N) is 1. The van der Waals surface area contributed by atoms with Crippen LogP contribution in [0.4, 0.5) is 4.39 Å². The fourth-order valence-electron chi connectivity index (χ4n) is 2.67. The molecule has 6 nitrogen and oxygen atoms in total. The summed E-state index contributed by atoms with van der Waals surface area (Å²) in [7, 11) is 1.33. The van der Waals surface area contributed by atoms with Crippen LogP contribution in [0.2, 0.25) is 0 Å². The molecule has 124 valence electrons. The van der Waals surface area contributed by atoms with E-state index in [9.17, 15) is 18.8 Å². The van der Waals surface area contributed by atoms with E-state index in [1.165, 1.54) is 24.1 Å². The minimum atomic E-state index is -1.03. The van der Waals surface area contributed by atoms with Crippen LogP contribution in [0.3, 0.4) is 0 Å². The van der Waals surface area contributed by atoms with Gasteiger partial charge in [0.25, 0.3) is 0 Å². The second-order valence-corrected chi connectivity index (χ2v) is 5.36. The van der Waals surface area contributed by atoms with E-state index in [2.05, 4.69) is 0 Å². The molecule has 23 heavy (non-hydrogen) atoms. The Bertz CT molecular complexity index is 631. The first-order chi connectivity index (χ1) is 10.9. The molecule has 0 unspecified atom stereocenters. The van der Waals surface area contributed by atoms with Crippen molar-refractivity contribution in [3.8, 4) is 5.75 Å². The van der Waals surface area contributed by atoms with Gasteiger partial charge in [0.2, 0.25) is 5.91 Å². The van der Waals surface area contributed by atoms with Gasteiger partial charge in [0.15, 0.2) is 17.3 Å². The van der Waals surface area contributed by atoms with E-state index in [1.54, 1.807) is 0 Å². The van der Waals surface area contributed by atoms with Gasteiger partial charge in [-0.25, -0.2) is 9.18 Å². The molecule has 0 aliphatic carbocycles. The van der Waals surface area contributed by atoms with Crippen LogP contribution < -0.4 is 4.74 Å². The van der Waals surface area contributed by atoms with E-state index in [0.717, 1.165) is 6.07 Å². The molecule has 1 amide bonds. The Hall–Kier alpha value is -2.44. The summed E-state index contributed by atoms with van der Waals surface area (Å²) in [6.45, 7) is 0.390. The highest BCUT2D eigenvalue weighted by atomic mass is 19.1. The predicted molar refractivity (Wildman–Crippen MR) is 78.9 cm³/mol. The largest absolute Gasteiger partial charge is 0.494 e. The molecule has 0 bridgehead atoms. The number of rotatable bonds is 6. The number of hydrogen-bond acceptors (Lipinski definition) is 4. The summed E-state index contributed by atoms with van der Waals surface area (Å²) in [4.78, 5) is 36.5. The van der Waals surface area contributed by atoms with Crippen molar-refractivity contribution in [2.45, 2.75) is 31.7 Å². The fraction of sp³-hybridized carbons (Fsp3) is 0.438. The van der Waals surface area contributed by atoms with Crippen LogP contribution >= 0.6 is 0 Å². The van der Waals surface area contributed by atoms with E-state index < -0.39 is 17.8 Å². The van der Waals surface area contributed by atoms with E-state index in [4.69, 9.17) is 9.84 Å². The summed E-state index contributed by atoms with van der Waals surface area (Å²) in [6.07, 6.45) is 0.892. The SMILES string of the molecule is COc1ccc(C(=O)CCC(=O)N2CCC[C@@H]2C(=O)O)cc1F. The van der Waals surface area contributed by atoms with Crippen LogP contribution in [0.25, 0.3) is 0 Å². The lowest BCUT2D eigenvalue weighted by Gasteiger charge is -2.21. The summed E-state index contributed by atoms with van der Waals surface area (Å²) < 4.78 is 18.4. The van der Waals surface area contributed by atoms with Crippen molar-refractivity contribution in [3.63, 3.8) is 0 Å². The number of Topliss-reactive ketones (excluding diaryl/α,β-unsaturated/α-hetero) is 1. The number of carboxylic acids is 1. The van der Waals surface area contributed by atoms with Crippen LogP contribution in [-0.2, 0) is 9.59 Å². The smallest absolute Gasteiger partial charge is 0.326 e. The molecule has 7 heteroatoms. The molecule has 1 aromatic rings. The standard InChI is InChI=1S/C16H18FNO5/c1-23-14-6-4-10(9-11(14)17)13(19)5-7-15(20)18-8-2-3-12(18)16(21)22/h4,6,9,12H,2-3,5,7-8H2,1H3,(H,21,22)/t12-/m1/s1. The van der Waals surface area contributed by atoms with Crippen molar-refractivity contribution < 1.29 is 28.6 Å². The van der Waals surface area contributed by atoms with Gasteiger partial charge in [0.05, 0.1) is 7.11 Å². The number of carboxylic acid groups (broad SMARTS) is 1. The van der Waals surface area contributed by atoms with Crippen LogP contribution in [-0.4, -0.2) is 47.4 Å². The van der Waals surface area contributed by atoms with Crippen molar-refractivity contribution in [2.75, 3.05) is 13.7 Å². The van der Waals surface area contributed by atoms with Crippen molar-refractivity contribution >= 4 is 17.7 Å². The summed E-state index contributed by atoms with van der Waals surface area (Å²) in [5.74, 6) is -2.36. The molecule has 1 heterocycles. The summed E-state index contributed by atoms with van der Waals surface area (Å²) in [5.41, 5.74) is 0.160. The molecule has 1 saturated heterocycles. The number of benzene rings is 1. The molecule has 0 spiro atoms. The second kappa shape index (κ2) is 7.21. The maximum atomic E-state index is 13.6. The van der Waals surface area contributed by atoms with Gasteiger partial charge in [-0.3, -0.25) is 9.59 Å². The molecular weight excluding hydrogens is 305 g/mol. The number of hydrogen-bond donors (Lipinski definition) is 1. The van der Waals surface area contributed by atoms with Gasteiger partial charge in [-0.15, -0.1) is 0 Å². The summed E-state index contributed by atoms with van der Waals surface area (Å²) >= 11 is 0. The Kier molecular flexibility index (Phi) is 5.31. The van der Waals surface area contributed by atoms with Gasteiger partial charge in [0, 0.05) is 24.9 Å². The zero-order chi connectivity index (χ0) is 17.0. The van der Waals surface area contributed by atoms with E-state index >= 15 is 0 Å². The quantitative estimate of drug-likeness (QED) is 0.808. The predicted octanol–water partition coefficient (Wildman–Crippen LogP) is 1.87. The van der Waals surface area contributed by atoms with Gasteiger partial charge < -0.3 is 14.7 Å². The van der Waals surface area contributed by atoms with Crippen molar-refractivity contribution in [2.24, 2.45) is 0 Å². The molecule has 1 aliphatic rings. The molecule has 1 fully saturated rings. The zero-order valence-electron chi connectivity index (χ0n) is 12.8. The maximum absolute atomic E-state index is 13.6. The second-order valence-electron chi connectivity index (χ2n) is 5.36. The van der Waals surface area contributed by atoms with Gasteiger partial charge in [-0.1, -0.05) is 0 Å². The molecular formula is C16H18FNO5. The van der Waals surface area contributed by atoms with Crippen molar-refractivity contribution in [1.82, 2.24) is 4.90 Å². The molecule has 0 radical (unpaired) electrons. The van der Waals surface area contributed by atoms with Gasteiger partial charge in [-0.05, 0) is 31.0 Å². The number of amides is 1. The number of ether oxygens (including phenoxy) is 1. The van der Waals surface area contributed by atoms with Crippen molar-refractivity contribution in [1.29, 1.82) is 0 Å². The number of carbonyl (C=O) groups excluding carboxylic acids is 2. The Balaban J connectivity index is 1.95. The van der Waals surface area contributed by atoms with E-state index in [1.807, 2.05) is 0 Å². The van der Waals surface area contributed by atoms with E-state index in [0.29, 0.717) is 19.4 Å². The molecule has 2 rings (SSSR count). The first-order valence-electron chi connectivity index (χ1n) is 7.33. The number of carbonyl (C=O) groups is 3. The van der Waals surface area contributed by atoms with Crippen molar-refractivity contribution in [3.05, 3.63) is 29.6 Å². The molecule has 1 aromatic carbocycles. The number of halogens is 1. The average molecular weight is 323 g/mol. The zero-order valence-corrected chi connectivity index (χ0v) is 12.8. The van der Waals surface area contributed by atoms with Gasteiger partial charge >= 0.3 is 5.97 Å². The number of ketones is 1. The molecule has 1 aliphatic heterocycles. The Labute approximate surface area is 132 Å². The van der Waals surface area contributed by atoms with E-state index in [-0.39, 0.29) is 35.8 Å². The van der Waals surface area contributed by atoms with Crippen LogP contribution in [0.5, 0.6) is 5.75 Å². The minimum absolute atomic E-state index is 0.0407. The average Bonchev–Trinajstić information content (AvgIpc) is 3.02. The number of methoxy groups -OCH3 is 1. The molecule has 1 N–H and O–H groups in total. The highest BCUT2D eigenvalue weighted by Crippen LogP contribution is 2.21. The highest BCUT2D eigenvalue weighted by Gasteiger charge is 2.33.